The van der Waals surface area contributed by atoms with Crippen molar-refractivity contribution in [2.45, 2.75) is 6.92 Å². The predicted molar refractivity (Wildman–Crippen MR) is 64.7 cm³/mol. The summed E-state index contributed by atoms with van der Waals surface area (Å²) in [5, 5.41) is 19.6. The summed E-state index contributed by atoms with van der Waals surface area (Å²) in [5.41, 5.74) is 0.535. The number of hydrogen-bond donors (Lipinski definition) is 0. The molecule has 1 heterocycles. The van der Waals surface area contributed by atoms with Crippen LogP contribution in [0.25, 0.3) is 0 Å². The van der Waals surface area contributed by atoms with Crippen LogP contribution in [0.3, 0.4) is 0 Å². The van der Waals surface area contributed by atoms with E-state index in [0.717, 1.165) is 0 Å². The molecular formula is C12H8N4O3. The Kier molecular flexibility index (Phi) is 3.34. The summed E-state index contributed by atoms with van der Waals surface area (Å²) in [6, 6.07) is 7.72. The zero-order chi connectivity index (χ0) is 13.8. The van der Waals surface area contributed by atoms with Crippen molar-refractivity contribution < 1.29 is 9.66 Å². The van der Waals surface area contributed by atoms with Crippen LogP contribution in [0.5, 0.6) is 11.8 Å². The first-order valence-corrected chi connectivity index (χ1v) is 5.27. The lowest BCUT2D eigenvalue weighted by Crippen LogP contribution is -1.98. The van der Waals surface area contributed by atoms with Gasteiger partial charge in [-0.3, -0.25) is 10.1 Å². The monoisotopic (exact) mass is 256 g/mol. The molecule has 0 spiro atoms. The second-order valence-electron chi connectivity index (χ2n) is 3.62. The van der Waals surface area contributed by atoms with Gasteiger partial charge in [0.2, 0.25) is 5.75 Å². The van der Waals surface area contributed by atoms with Crippen LogP contribution < -0.4 is 4.74 Å². The molecular weight excluding hydrogens is 248 g/mol. The van der Waals surface area contributed by atoms with Crippen molar-refractivity contribution in [3.8, 4) is 17.8 Å². The molecule has 0 unspecified atom stereocenters. The van der Waals surface area contributed by atoms with Gasteiger partial charge >= 0.3 is 11.7 Å². The zero-order valence-corrected chi connectivity index (χ0v) is 9.90. The standard InChI is InChI=1S/C12H8N4O3/c1-8-3-2-4-10(16(17)18)11(8)19-12-14-6-5-9(7-13)15-12/h2-6H,1H3. The Morgan fingerprint density at radius 3 is 2.89 bits per heavy atom. The first kappa shape index (κ1) is 12.4. The molecule has 0 fully saturated rings. The fourth-order valence-corrected chi connectivity index (χ4v) is 1.46. The van der Waals surface area contributed by atoms with E-state index in [1.54, 1.807) is 19.1 Å². The number of nitrogens with zero attached hydrogens (tertiary/aromatic N) is 4. The maximum atomic E-state index is 10.9. The lowest BCUT2D eigenvalue weighted by molar-refractivity contribution is -0.385. The van der Waals surface area contributed by atoms with Gasteiger partial charge in [0.25, 0.3) is 0 Å². The smallest absolute Gasteiger partial charge is 0.323 e. The molecule has 0 aliphatic rings. The van der Waals surface area contributed by atoms with E-state index in [2.05, 4.69) is 9.97 Å². The number of aromatic nitrogens is 2. The molecule has 0 bridgehead atoms. The summed E-state index contributed by atoms with van der Waals surface area (Å²) in [5.74, 6) is 0.0718. The van der Waals surface area contributed by atoms with Crippen LogP contribution in [0.1, 0.15) is 11.3 Å². The van der Waals surface area contributed by atoms with Crippen molar-refractivity contribution in [1.82, 2.24) is 9.97 Å². The fourth-order valence-electron chi connectivity index (χ4n) is 1.46. The summed E-state index contributed by atoms with van der Waals surface area (Å²) in [7, 11) is 0. The highest BCUT2D eigenvalue weighted by Gasteiger charge is 2.18. The average molecular weight is 256 g/mol. The van der Waals surface area contributed by atoms with E-state index in [9.17, 15) is 10.1 Å². The molecule has 0 saturated heterocycles. The van der Waals surface area contributed by atoms with E-state index < -0.39 is 4.92 Å². The van der Waals surface area contributed by atoms with Crippen LogP contribution in [-0.4, -0.2) is 14.9 Å². The lowest BCUT2D eigenvalue weighted by Gasteiger charge is -2.06. The molecule has 7 heteroatoms. The highest BCUT2D eigenvalue weighted by Crippen LogP contribution is 2.32. The molecule has 1 aromatic heterocycles. The van der Waals surface area contributed by atoms with Crippen molar-refractivity contribution in [2.75, 3.05) is 0 Å². The van der Waals surface area contributed by atoms with Gasteiger partial charge in [0.1, 0.15) is 11.8 Å². The van der Waals surface area contributed by atoms with Crippen LogP contribution in [0.15, 0.2) is 30.5 Å². The molecule has 0 atom stereocenters. The number of nitriles is 1. The predicted octanol–water partition coefficient (Wildman–Crippen LogP) is 2.36. The SMILES string of the molecule is Cc1cccc([N+](=O)[O-])c1Oc1nccc(C#N)n1. The van der Waals surface area contributed by atoms with Crippen LogP contribution in [0.2, 0.25) is 0 Å². The molecule has 0 aliphatic heterocycles. The number of hydrogen-bond acceptors (Lipinski definition) is 6. The van der Waals surface area contributed by atoms with Gasteiger partial charge in [-0.2, -0.15) is 10.2 Å². The molecule has 19 heavy (non-hydrogen) atoms. The Morgan fingerprint density at radius 2 is 2.21 bits per heavy atom. The van der Waals surface area contributed by atoms with E-state index >= 15 is 0 Å². The molecule has 0 N–H and O–H groups in total. The third-order valence-corrected chi connectivity index (χ3v) is 2.33. The van der Waals surface area contributed by atoms with Gasteiger partial charge in [0.15, 0.2) is 0 Å². The Bertz CT molecular complexity index is 679. The lowest BCUT2D eigenvalue weighted by atomic mass is 10.2. The van der Waals surface area contributed by atoms with Crippen molar-refractivity contribution in [1.29, 1.82) is 5.26 Å². The Balaban J connectivity index is 2.43. The Labute approximate surface area is 108 Å². The maximum Gasteiger partial charge on any atom is 0.323 e. The third kappa shape index (κ3) is 2.63. The van der Waals surface area contributed by atoms with Gasteiger partial charge in [-0.05, 0) is 18.6 Å². The van der Waals surface area contributed by atoms with E-state index in [-0.39, 0.29) is 23.1 Å². The third-order valence-electron chi connectivity index (χ3n) is 2.33. The topological polar surface area (TPSA) is 102 Å². The van der Waals surface area contributed by atoms with Gasteiger partial charge in [-0.25, -0.2) is 4.98 Å². The van der Waals surface area contributed by atoms with E-state index in [1.807, 2.05) is 6.07 Å². The zero-order valence-electron chi connectivity index (χ0n) is 9.90. The molecule has 0 aliphatic carbocycles. The highest BCUT2D eigenvalue weighted by atomic mass is 16.6. The number of rotatable bonds is 3. The van der Waals surface area contributed by atoms with Gasteiger partial charge in [-0.1, -0.05) is 12.1 Å². The molecule has 2 aromatic rings. The van der Waals surface area contributed by atoms with E-state index in [4.69, 9.17) is 10.00 Å². The van der Waals surface area contributed by atoms with Crippen molar-refractivity contribution >= 4 is 5.69 Å². The highest BCUT2D eigenvalue weighted by molar-refractivity contribution is 5.52. The first-order chi connectivity index (χ1) is 9.11. The molecule has 0 amide bonds. The average Bonchev–Trinajstić information content (AvgIpc) is 2.41. The maximum absolute atomic E-state index is 10.9. The van der Waals surface area contributed by atoms with Crippen LogP contribution >= 0.6 is 0 Å². The van der Waals surface area contributed by atoms with Gasteiger partial charge < -0.3 is 4.74 Å². The van der Waals surface area contributed by atoms with Crippen LogP contribution in [0, 0.1) is 28.4 Å². The second-order valence-corrected chi connectivity index (χ2v) is 3.62. The van der Waals surface area contributed by atoms with Gasteiger partial charge in [-0.15, -0.1) is 0 Å². The number of ether oxygens (including phenoxy) is 1. The number of benzene rings is 1. The number of para-hydroxylation sites is 1. The van der Waals surface area contributed by atoms with Gasteiger partial charge in [0.05, 0.1) is 4.92 Å². The second kappa shape index (κ2) is 5.10. The minimum Gasteiger partial charge on any atom is -0.417 e. The van der Waals surface area contributed by atoms with Crippen LogP contribution in [-0.2, 0) is 0 Å². The quantitative estimate of drug-likeness (QED) is 0.617. The number of nitro benzene ring substituents is 1. The molecule has 1 aromatic carbocycles. The van der Waals surface area contributed by atoms with E-state index in [0.29, 0.717) is 5.56 Å². The molecule has 94 valence electrons. The van der Waals surface area contributed by atoms with Crippen molar-refractivity contribution in [2.24, 2.45) is 0 Å². The summed E-state index contributed by atoms with van der Waals surface area (Å²) in [6.45, 7) is 1.68. The summed E-state index contributed by atoms with van der Waals surface area (Å²) in [6.07, 6.45) is 1.35. The Morgan fingerprint density at radius 1 is 1.42 bits per heavy atom. The molecule has 2 rings (SSSR count). The van der Waals surface area contributed by atoms with Crippen LogP contribution in [0.4, 0.5) is 5.69 Å². The number of nitro groups is 1. The first-order valence-electron chi connectivity index (χ1n) is 5.27. The summed E-state index contributed by atoms with van der Waals surface area (Å²) >= 11 is 0. The molecule has 0 radical (unpaired) electrons. The number of aryl methyl sites for hydroxylation is 1. The fraction of sp³-hybridized carbons (Fsp3) is 0.0833. The Hall–Kier alpha value is -3.01. The largest absolute Gasteiger partial charge is 0.417 e. The van der Waals surface area contributed by atoms with Crippen molar-refractivity contribution in [3.05, 3.63) is 51.8 Å². The van der Waals surface area contributed by atoms with Gasteiger partial charge in [0, 0.05) is 12.3 Å². The summed E-state index contributed by atoms with van der Waals surface area (Å²) < 4.78 is 5.33. The molecule has 0 saturated carbocycles. The minimum atomic E-state index is -0.545. The van der Waals surface area contributed by atoms with Crippen molar-refractivity contribution in [3.63, 3.8) is 0 Å². The summed E-state index contributed by atoms with van der Waals surface area (Å²) in [4.78, 5) is 18.0. The molecule has 7 nitrogen and oxygen atoms in total. The minimum absolute atomic E-state index is 0.0718. The van der Waals surface area contributed by atoms with E-state index in [1.165, 1.54) is 18.3 Å². The normalized spacial score (nSPS) is 9.68.